The number of piperidine rings is 1. The number of hydrogen-bond donors (Lipinski definition) is 1. The first-order valence-corrected chi connectivity index (χ1v) is 12.4. The molecule has 1 aromatic carbocycles. The number of piperazine rings is 1. The van der Waals surface area contributed by atoms with Crippen molar-refractivity contribution in [1.29, 1.82) is 0 Å². The topological polar surface area (TPSA) is 87.0 Å². The van der Waals surface area contributed by atoms with E-state index in [-0.39, 0.29) is 6.03 Å². The number of nitrogens with zero attached hydrogens (tertiary/aromatic N) is 3. The van der Waals surface area contributed by atoms with E-state index < -0.39 is 9.84 Å². The quantitative estimate of drug-likeness (QED) is 0.786. The molecule has 0 aliphatic carbocycles. The van der Waals surface area contributed by atoms with Gasteiger partial charge in [0.2, 0.25) is 0 Å². The normalized spacial score (nSPS) is 24.7. The van der Waals surface area contributed by atoms with Crippen LogP contribution >= 0.6 is 0 Å². The van der Waals surface area contributed by atoms with E-state index in [4.69, 9.17) is 5.73 Å². The Kier molecular flexibility index (Phi) is 6.73. The van der Waals surface area contributed by atoms with Gasteiger partial charge in [-0.1, -0.05) is 0 Å². The highest BCUT2D eigenvalue weighted by atomic mass is 32.2. The van der Waals surface area contributed by atoms with Crippen molar-refractivity contribution in [3.63, 3.8) is 0 Å². The summed E-state index contributed by atoms with van der Waals surface area (Å²) in [5.74, 6) is 0.659. The second-order valence-corrected chi connectivity index (χ2v) is 10.7. The monoisotopic (exact) mass is 422 g/mol. The zero-order valence-corrected chi connectivity index (χ0v) is 18.6. The lowest BCUT2D eigenvalue weighted by atomic mass is 9.92. The summed E-state index contributed by atoms with van der Waals surface area (Å²) in [4.78, 5) is 18.3. The maximum atomic E-state index is 11.7. The Bertz CT molecular complexity index is 792. The summed E-state index contributed by atoms with van der Waals surface area (Å²) in [6.07, 6.45) is 4.48. The first-order chi connectivity index (χ1) is 13.6. The Morgan fingerprint density at radius 3 is 2.10 bits per heavy atom. The van der Waals surface area contributed by atoms with E-state index in [0.717, 1.165) is 57.7 Å². The van der Waals surface area contributed by atoms with Gasteiger partial charge >= 0.3 is 6.03 Å². The lowest BCUT2D eigenvalue weighted by Gasteiger charge is -2.46. The van der Waals surface area contributed by atoms with Crippen LogP contribution in [0, 0.1) is 5.92 Å². The van der Waals surface area contributed by atoms with Crippen LogP contribution < -0.4 is 10.6 Å². The average molecular weight is 423 g/mol. The Balaban J connectivity index is 1.53. The molecule has 7 nitrogen and oxygen atoms in total. The number of carbonyl (C=O) groups is 1. The number of rotatable bonds is 5. The summed E-state index contributed by atoms with van der Waals surface area (Å²) in [5, 5.41) is 0. The maximum absolute atomic E-state index is 11.7. The first kappa shape index (κ1) is 21.9. The van der Waals surface area contributed by atoms with Crippen molar-refractivity contribution < 1.29 is 13.2 Å². The number of sulfone groups is 1. The van der Waals surface area contributed by atoms with Gasteiger partial charge in [0, 0.05) is 50.2 Å². The Morgan fingerprint density at radius 1 is 1.07 bits per heavy atom. The largest absolute Gasteiger partial charge is 0.368 e. The van der Waals surface area contributed by atoms with Crippen molar-refractivity contribution in [2.75, 3.05) is 43.9 Å². The summed E-state index contributed by atoms with van der Waals surface area (Å²) in [6, 6.07) is 7.79. The highest BCUT2D eigenvalue weighted by Gasteiger charge is 2.30. The molecule has 2 atom stereocenters. The van der Waals surface area contributed by atoms with Gasteiger partial charge in [0.25, 0.3) is 0 Å². The van der Waals surface area contributed by atoms with Gasteiger partial charge in [0.1, 0.15) is 0 Å². The molecular formula is C21H34N4O3S. The van der Waals surface area contributed by atoms with Gasteiger partial charge in [-0.15, -0.1) is 0 Å². The van der Waals surface area contributed by atoms with Crippen LogP contribution in [-0.2, 0) is 9.84 Å². The highest BCUT2D eigenvalue weighted by molar-refractivity contribution is 7.90. The van der Waals surface area contributed by atoms with Gasteiger partial charge in [-0.05, 0) is 69.8 Å². The number of benzene rings is 1. The smallest absolute Gasteiger partial charge is 0.314 e. The summed E-state index contributed by atoms with van der Waals surface area (Å²) >= 11 is 0. The zero-order chi connectivity index (χ0) is 21.2. The lowest BCUT2D eigenvalue weighted by molar-refractivity contribution is 0.112. The fraction of sp³-hybridized carbons (Fsp3) is 0.667. The van der Waals surface area contributed by atoms with E-state index in [1.54, 1.807) is 17.0 Å². The van der Waals surface area contributed by atoms with Crippen LogP contribution in [0.2, 0.25) is 0 Å². The Labute approximate surface area is 174 Å². The SMILES string of the molecule is CC1CN(c2ccc(S(C)(=O)=O)cc2)CC(C)N1CCC1CCN(C(N)=O)CC1. The van der Waals surface area contributed by atoms with Crippen molar-refractivity contribution in [1.82, 2.24) is 9.80 Å². The zero-order valence-electron chi connectivity index (χ0n) is 17.8. The number of urea groups is 1. The molecule has 8 heteroatoms. The van der Waals surface area contributed by atoms with E-state index in [0.29, 0.717) is 22.9 Å². The van der Waals surface area contributed by atoms with Gasteiger partial charge in [0.15, 0.2) is 9.84 Å². The van der Waals surface area contributed by atoms with Crippen molar-refractivity contribution in [3.05, 3.63) is 24.3 Å². The molecule has 0 radical (unpaired) electrons. The predicted molar refractivity (Wildman–Crippen MR) is 116 cm³/mol. The van der Waals surface area contributed by atoms with Gasteiger partial charge in [-0.2, -0.15) is 0 Å². The molecule has 2 amide bonds. The molecule has 2 aliphatic rings. The molecule has 3 rings (SSSR count). The number of likely N-dealkylation sites (tertiary alicyclic amines) is 1. The molecule has 162 valence electrons. The van der Waals surface area contributed by atoms with Crippen LogP contribution in [0.15, 0.2) is 29.2 Å². The molecule has 0 bridgehead atoms. The van der Waals surface area contributed by atoms with E-state index in [1.165, 1.54) is 6.26 Å². The molecule has 2 heterocycles. The predicted octanol–water partition coefficient (Wildman–Crippen LogP) is 2.17. The van der Waals surface area contributed by atoms with Crippen LogP contribution in [0.1, 0.15) is 33.1 Å². The summed E-state index contributed by atoms with van der Waals surface area (Å²) in [5.41, 5.74) is 6.45. The minimum Gasteiger partial charge on any atom is -0.368 e. The molecule has 2 saturated heterocycles. The minimum absolute atomic E-state index is 0.300. The van der Waals surface area contributed by atoms with Gasteiger partial charge in [-0.25, -0.2) is 13.2 Å². The molecule has 2 fully saturated rings. The van der Waals surface area contributed by atoms with E-state index in [1.807, 2.05) is 12.1 Å². The Hall–Kier alpha value is -1.80. The lowest BCUT2D eigenvalue weighted by Crippen LogP contribution is -2.57. The molecular weight excluding hydrogens is 388 g/mol. The van der Waals surface area contributed by atoms with E-state index >= 15 is 0 Å². The molecule has 2 unspecified atom stereocenters. The number of hydrogen-bond acceptors (Lipinski definition) is 5. The molecule has 0 aromatic heterocycles. The second-order valence-electron chi connectivity index (χ2n) is 8.66. The van der Waals surface area contributed by atoms with Crippen LogP contribution in [0.4, 0.5) is 10.5 Å². The molecule has 0 saturated carbocycles. The number of carbonyl (C=O) groups excluding carboxylic acids is 1. The number of nitrogens with two attached hydrogens (primary N) is 1. The number of amides is 2. The van der Waals surface area contributed by atoms with Gasteiger partial charge < -0.3 is 15.5 Å². The first-order valence-electron chi connectivity index (χ1n) is 10.5. The summed E-state index contributed by atoms with van der Waals surface area (Å²) < 4.78 is 23.4. The number of anilines is 1. The molecule has 0 spiro atoms. The standard InChI is InChI=1S/C21H34N4O3S/c1-16-14-24(19-4-6-20(7-5-19)29(3,27)28)15-17(2)25(16)13-10-18-8-11-23(12-9-18)21(22)26/h4-7,16-18H,8-15H2,1-3H3,(H2,22,26). The molecule has 29 heavy (non-hydrogen) atoms. The van der Waals surface area contributed by atoms with Gasteiger partial charge in [-0.3, -0.25) is 4.90 Å². The van der Waals surface area contributed by atoms with Crippen molar-refractivity contribution in [3.8, 4) is 0 Å². The summed E-state index contributed by atoms with van der Waals surface area (Å²) in [7, 11) is -3.16. The van der Waals surface area contributed by atoms with Crippen molar-refractivity contribution >= 4 is 21.6 Å². The fourth-order valence-corrected chi connectivity index (χ4v) is 5.32. The Morgan fingerprint density at radius 2 is 1.62 bits per heavy atom. The minimum atomic E-state index is -3.16. The fourth-order valence-electron chi connectivity index (χ4n) is 4.69. The molecule has 2 N–H and O–H groups in total. The van der Waals surface area contributed by atoms with Crippen LogP contribution in [0.3, 0.4) is 0 Å². The average Bonchev–Trinajstić information content (AvgIpc) is 2.67. The van der Waals surface area contributed by atoms with Crippen LogP contribution in [-0.4, -0.2) is 75.3 Å². The van der Waals surface area contributed by atoms with Gasteiger partial charge in [0.05, 0.1) is 4.90 Å². The third kappa shape index (κ3) is 5.42. The maximum Gasteiger partial charge on any atom is 0.314 e. The summed E-state index contributed by atoms with van der Waals surface area (Å²) in [6.45, 7) is 9.03. The molecule has 2 aliphatic heterocycles. The van der Waals surface area contributed by atoms with Crippen molar-refractivity contribution in [2.45, 2.75) is 50.1 Å². The second kappa shape index (κ2) is 8.92. The van der Waals surface area contributed by atoms with Crippen LogP contribution in [0.5, 0.6) is 0 Å². The third-order valence-electron chi connectivity index (χ3n) is 6.45. The highest BCUT2D eigenvalue weighted by Crippen LogP contribution is 2.26. The third-order valence-corrected chi connectivity index (χ3v) is 7.58. The molecule has 1 aromatic rings. The van der Waals surface area contributed by atoms with E-state index in [9.17, 15) is 13.2 Å². The van der Waals surface area contributed by atoms with Crippen molar-refractivity contribution in [2.24, 2.45) is 11.7 Å². The van der Waals surface area contributed by atoms with Crippen LogP contribution in [0.25, 0.3) is 0 Å². The number of primary amides is 1. The van der Waals surface area contributed by atoms with E-state index in [2.05, 4.69) is 23.6 Å².